The number of carbonyl (C=O) groups is 1. The van der Waals surface area contributed by atoms with Crippen LogP contribution in [0.15, 0.2) is 54.6 Å². The maximum absolute atomic E-state index is 12.4. The highest BCUT2D eigenvalue weighted by molar-refractivity contribution is 7.92. The third kappa shape index (κ3) is 6.44. The number of hydrogen-bond acceptors (Lipinski definition) is 5. The number of piperazine rings is 1. The van der Waals surface area contributed by atoms with Gasteiger partial charge < -0.3 is 4.90 Å². The molecule has 0 amide bonds. The highest BCUT2D eigenvalue weighted by atomic mass is 32.2. The van der Waals surface area contributed by atoms with E-state index in [1.165, 1.54) is 5.56 Å². The van der Waals surface area contributed by atoms with E-state index in [0.29, 0.717) is 17.7 Å². The van der Waals surface area contributed by atoms with Crippen LogP contribution in [0.4, 0.5) is 5.69 Å². The summed E-state index contributed by atoms with van der Waals surface area (Å²) in [6, 6.07) is 17.1. The van der Waals surface area contributed by atoms with Crippen LogP contribution in [0.5, 0.6) is 0 Å². The molecule has 1 aliphatic heterocycles. The minimum absolute atomic E-state index is 0.0811. The molecule has 28 heavy (non-hydrogen) atoms. The topological polar surface area (TPSA) is 69.7 Å². The number of anilines is 1. The lowest BCUT2D eigenvalue weighted by Gasteiger charge is -2.34. The normalized spacial score (nSPS) is 16.0. The number of nitrogens with zero attached hydrogens (tertiary/aromatic N) is 2. The van der Waals surface area contributed by atoms with Crippen molar-refractivity contribution < 1.29 is 13.2 Å². The highest BCUT2D eigenvalue weighted by Gasteiger charge is 2.18. The van der Waals surface area contributed by atoms with Crippen LogP contribution < -0.4 is 4.72 Å². The average molecular weight is 402 g/mol. The molecule has 150 valence electrons. The van der Waals surface area contributed by atoms with E-state index in [0.717, 1.165) is 45.5 Å². The minimum Gasteiger partial charge on any atom is -0.300 e. The number of hydrogen-bond donors (Lipinski definition) is 1. The number of Topliss-reactive ketones (excluding diaryl/α,β-unsaturated/α-hetero) is 1. The third-order valence-corrected chi connectivity index (χ3v) is 5.49. The maximum atomic E-state index is 12.4. The predicted molar refractivity (Wildman–Crippen MR) is 112 cm³/mol. The van der Waals surface area contributed by atoms with Crippen LogP contribution in [0.1, 0.15) is 22.3 Å². The molecule has 1 fully saturated rings. The lowest BCUT2D eigenvalue weighted by molar-refractivity contribution is 0.0922. The van der Waals surface area contributed by atoms with Crippen LogP contribution in [0.25, 0.3) is 0 Å². The molecule has 6 nitrogen and oxygen atoms in total. The molecule has 0 atom stereocenters. The molecular weight excluding hydrogens is 374 g/mol. The Balaban J connectivity index is 1.42. The van der Waals surface area contributed by atoms with E-state index in [2.05, 4.69) is 38.8 Å². The van der Waals surface area contributed by atoms with Crippen molar-refractivity contribution in [3.05, 3.63) is 65.7 Å². The molecule has 0 aliphatic carbocycles. The summed E-state index contributed by atoms with van der Waals surface area (Å²) in [5, 5.41) is 0. The van der Waals surface area contributed by atoms with E-state index in [9.17, 15) is 13.2 Å². The second-order valence-corrected chi connectivity index (χ2v) is 8.98. The van der Waals surface area contributed by atoms with Crippen LogP contribution in [0, 0.1) is 0 Å². The van der Waals surface area contributed by atoms with E-state index in [-0.39, 0.29) is 5.78 Å². The highest BCUT2D eigenvalue weighted by Crippen LogP contribution is 2.13. The summed E-state index contributed by atoms with van der Waals surface area (Å²) in [4.78, 5) is 17.2. The van der Waals surface area contributed by atoms with Crippen LogP contribution in [-0.4, -0.2) is 63.0 Å². The summed E-state index contributed by atoms with van der Waals surface area (Å²) in [6.45, 7) is 5.68. The number of ketones is 1. The molecule has 2 aromatic rings. The first-order valence-electron chi connectivity index (χ1n) is 9.49. The maximum Gasteiger partial charge on any atom is 0.229 e. The van der Waals surface area contributed by atoms with E-state index >= 15 is 0 Å². The van der Waals surface area contributed by atoms with Gasteiger partial charge in [0.15, 0.2) is 5.78 Å². The quantitative estimate of drug-likeness (QED) is 0.688. The van der Waals surface area contributed by atoms with Crippen molar-refractivity contribution >= 4 is 21.5 Å². The van der Waals surface area contributed by atoms with Gasteiger partial charge in [-0.3, -0.25) is 14.4 Å². The van der Waals surface area contributed by atoms with Gasteiger partial charge in [-0.15, -0.1) is 0 Å². The molecule has 1 aliphatic rings. The van der Waals surface area contributed by atoms with Crippen molar-refractivity contribution in [2.45, 2.75) is 13.0 Å². The van der Waals surface area contributed by atoms with Crippen molar-refractivity contribution in [2.75, 3.05) is 43.7 Å². The van der Waals surface area contributed by atoms with Gasteiger partial charge in [0.05, 0.1) is 6.26 Å². The SMILES string of the molecule is CS(=O)(=O)Nc1ccc(C(=O)CCN2CCN(Cc3ccccc3)CC2)cc1. The Hall–Kier alpha value is -2.22. The Kier molecular flexibility index (Phi) is 6.83. The van der Waals surface area contributed by atoms with Gasteiger partial charge in [0.1, 0.15) is 0 Å². The van der Waals surface area contributed by atoms with Crippen LogP contribution in [-0.2, 0) is 16.6 Å². The van der Waals surface area contributed by atoms with Crippen molar-refractivity contribution in [3.63, 3.8) is 0 Å². The zero-order valence-electron chi connectivity index (χ0n) is 16.2. The molecule has 7 heteroatoms. The summed E-state index contributed by atoms with van der Waals surface area (Å²) in [7, 11) is -3.31. The summed E-state index contributed by atoms with van der Waals surface area (Å²) < 4.78 is 24.9. The van der Waals surface area contributed by atoms with E-state index in [4.69, 9.17) is 0 Å². The molecule has 1 N–H and O–H groups in total. The zero-order chi connectivity index (χ0) is 20.0. The molecule has 0 aromatic heterocycles. The van der Waals surface area contributed by atoms with Gasteiger partial charge in [0, 0.05) is 56.9 Å². The lowest BCUT2D eigenvalue weighted by atomic mass is 10.1. The fourth-order valence-electron chi connectivity index (χ4n) is 3.35. The van der Waals surface area contributed by atoms with Gasteiger partial charge >= 0.3 is 0 Å². The fraction of sp³-hybridized carbons (Fsp3) is 0.381. The molecule has 2 aromatic carbocycles. The third-order valence-electron chi connectivity index (χ3n) is 4.88. The van der Waals surface area contributed by atoms with Crippen LogP contribution in [0.2, 0.25) is 0 Å². The fourth-order valence-corrected chi connectivity index (χ4v) is 3.92. The van der Waals surface area contributed by atoms with Crippen LogP contribution in [0.3, 0.4) is 0 Å². The Labute approximate surface area is 167 Å². The number of nitrogens with one attached hydrogen (secondary N) is 1. The molecule has 0 radical (unpaired) electrons. The zero-order valence-corrected chi connectivity index (χ0v) is 17.0. The molecule has 3 rings (SSSR count). The molecule has 0 bridgehead atoms. The largest absolute Gasteiger partial charge is 0.300 e. The Morgan fingerprint density at radius 2 is 1.54 bits per heavy atom. The molecule has 1 saturated heterocycles. The van der Waals surface area contributed by atoms with Crippen molar-refractivity contribution in [1.82, 2.24) is 9.80 Å². The van der Waals surface area contributed by atoms with Gasteiger partial charge in [-0.1, -0.05) is 30.3 Å². The number of rotatable bonds is 8. The lowest BCUT2D eigenvalue weighted by Crippen LogP contribution is -2.46. The van der Waals surface area contributed by atoms with Gasteiger partial charge in [-0.05, 0) is 29.8 Å². The monoisotopic (exact) mass is 401 g/mol. The first kappa shape index (κ1) is 20.5. The Morgan fingerprint density at radius 1 is 0.929 bits per heavy atom. The van der Waals surface area contributed by atoms with E-state index in [1.54, 1.807) is 24.3 Å². The van der Waals surface area contributed by atoms with E-state index < -0.39 is 10.0 Å². The standard InChI is InChI=1S/C21H27N3O3S/c1-28(26,27)22-20-9-7-19(8-10-20)21(25)11-12-23-13-15-24(16-14-23)17-18-5-3-2-4-6-18/h2-10,22H,11-17H2,1H3. The number of benzene rings is 2. The minimum atomic E-state index is -3.31. The average Bonchev–Trinajstić information content (AvgIpc) is 2.67. The van der Waals surface area contributed by atoms with Gasteiger partial charge in [-0.25, -0.2) is 8.42 Å². The molecule has 0 spiro atoms. The summed E-state index contributed by atoms with van der Waals surface area (Å²) >= 11 is 0. The number of carbonyl (C=O) groups excluding carboxylic acids is 1. The van der Waals surface area contributed by atoms with Gasteiger partial charge in [0.2, 0.25) is 10.0 Å². The second kappa shape index (κ2) is 9.32. The molecule has 0 saturated carbocycles. The smallest absolute Gasteiger partial charge is 0.229 e. The summed E-state index contributed by atoms with van der Waals surface area (Å²) in [6.07, 6.45) is 1.57. The van der Waals surface area contributed by atoms with Gasteiger partial charge in [0.25, 0.3) is 0 Å². The predicted octanol–water partition coefficient (Wildman–Crippen LogP) is 2.45. The van der Waals surface area contributed by atoms with Crippen molar-refractivity contribution in [1.29, 1.82) is 0 Å². The molecule has 0 unspecified atom stereocenters. The van der Waals surface area contributed by atoms with E-state index in [1.807, 2.05) is 6.07 Å². The second-order valence-electron chi connectivity index (χ2n) is 7.23. The first-order chi connectivity index (χ1) is 13.4. The molecular formula is C21H27N3O3S. The van der Waals surface area contributed by atoms with Gasteiger partial charge in [-0.2, -0.15) is 0 Å². The Morgan fingerprint density at radius 3 is 2.14 bits per heavy atom. The summed E-state index contributed by atoms with van der Waals surface area (Å²) in [5.74, 6) is 0.0811. The van der Waals surface area contributed by atoms with Crippen molar-refractivity contribution in [3.8, 4) is 0 Å². The molecule has 1 heterocycles. The van der Waals surface area contributed by atoms with Crippen LogP contribution >= 0.6 is 0 Å². The first-order valence-corrected chi connectivity index (χ1v) is 11.4. The number of sulfonamides is 1. The Bertz CT molecular complexity index is 875. The summed E-state index contributed by atoms with van der Waals surface area (Å²) in [5.41, 5.74) is 2.41. The van der Waals surface area contributed by atoms with Crippen molar-refractivity contribution in [2.24, 2.45) is 0 Å².